The van der Waals surface area contributed by atoms with E-state index < -0.39 is 0 Å². The van der Waals surface area contributed by atoms with Crippen LogP contribution in [0.2, 0.25) is 10.0 Å². The minimum Gasteiger partial charge on any atom is -0.487 e. The van der Waals surface area contributed by atoms with Gasteiger partial charge in [0, 0.05) is 20.6 Å². The Morgan fingerprint density at radius 2 is 1.95 bits per heavy atom. The molecule has 7 heteroatoms. The molecule has 0 bridgehead atoms. The number of halogens is 3. The lowest BCUT2D eigenvalue weighted by molar-refractivity contribution is 0.306. The van der Waals surface area contributed by atoms with Crippen LogP contribution >= 0.6 is 39.1 Å². The van der Waals surface area contributed by atoms with Crippen molar-refractivity contribution in [1.29, 1.82) is 0 Å². The molecule has 0 aromatic heterocycles. The zero-order valence-corrected chi connectivity index (χ0v) is 13.8. The lowest BCUT2D eigenvalue weighted by Gasteiger charge is -2.10. The number of oxime groups is 1. The molecule has 0 atom stereocenters. The standard InChI is InChI=1S/C14H11BrCl2N2O2/c15-10-3-4-11(16)13(6-10)21-7-9-2-1-8(5-12(9)17)14(18)19-20/h1-6,20H,7H2,(H2,18,19). The first-order chi connectivity index (χ1) is 10.0. The van der Waals surface area contributed by atoms with Crippen molar-refractivity contribution in [2.24, 2.45) is 10.9 Å². The van der Waals surface area contributed by atoms with Gasteiger partial charge in [0.15, 0.2) is 5.84 Å². The molecule has 2 rings (SSSR count). The van der Waals surface area contributed by atoms with Gasteiger partial charge in [-0.25, -0.2) is 0 Å². The lowest BCUT2D eigenvalue weighted by atomic mass is 10.1. The van der Waals surface area contributed by atoms with Crippen LogP contribution in [0.3, 0.4) is 0 Å². The molecule has 0 unspecified atom stereocenters. The molecular weight excluding hydrogens is 379 g/mol. The molecule has 0 aliphatic carbocycles. The predicted molar refractivity (Wildman–Crippen MR) is 87.4 cm³/mol. The Morgan fingerprint density at radius 3 is 2.62 bits per heavy atom. The molecule has 2 aromatic rings. The Balaban J connectivity index is 2.15. The van der Waals surface area contributed by atoms with E-state index in [1.165, 1.54) is 0 Å². The van der Waals surface area contributed by atoms with Gasteiger partial charge in [-0.2, -0.15) is 0 Å². The minimum atomic E-state index is -0.000553. The summed E-state index contributed by atoms with van der Waals surface area (Å²) in [5, 5.41) is 12.5. The van der Waals surface area contributed by atoms with Gasteiger partial charge in [-0.1, -0.05) is 56.4 Å². The first-order valence-electron chi connectivity index (χ1n) is 5.85. The van der Waals surface area contributed by atoms with Crippen molar-refractivity contribution in [2.45, 2.75) is 6.61 Å². The van der Waals surface area contributed by atoms with E-state index in [-0.39, 0.29) is 12.4 Å². The second kappa shape index (κ2) is 7.02. The van der Waals surface area contributed by atoms with Crippen LogP contribution in [0.1, 0.15) is 11.1 Å². The number of nitrogens with zero attached hydrogens (tertiary/aromatic N) is 1. The molecule has 0 aliphatic rings. The van der Waals surface area contributed by atoms with E-state index in [0.29, 0.717) is 21.4 Å². The summed E-state index contributed by atoms with van der Waals surface area (Å²) in [6, 6.07) is 10.4. The Hall–Kier alpha value is -1.43. The minimum absolute atomic E-state index is 0.000553. The van der Waals surface area contributed by atoms with E-state index in [4.69, 9.17) is 38.9 Å². The maximum atomic E-state index is 8.63. The molecule has 2 aromatic carbocycles. The predicted octanol–water partition coefficient (Wildman–Crippen LogP) is 4.43. The Labute approximate surface area is 140 Å². The topological polar surface area (TPSA) is 67.8 Å². The van der Waals surface area contributed by atoms with Gasteiger partial charge in [0.05, 0.1) is 5.02 Å². The van der Waals surface area contributed by atoms with Crippen LogP contribution in [0, 0.1) is 0 Å². The summed E-state index contributed by atoms with van der Waals surface area (Å²) in [5.74, 6) is 0.557. The molecule has 21 heavy (non-hydrogen) atoms. The van der Waals surface area contributed by atoms with Gasteiger partial charge in [-0.15, -0.1) is 0 Å². The van der Waals surface area contributed by atoms with Crippen LogP contribution in [0.4, 0.5) is 0 Å². The van der Waals surface area contributed by atoms with Gasteiger partial charge in [-0.3, -0.25) is 0 Å². The molecule has 0 spiro atoms. The van der Waals surface area contributed by atoms with Crippen LogP contribution < -0.4 is 10.5 Å². The summed E-state index contributed by atoms with van der Waals surface area (Å²) >= 11 is 15.6. The number of benzene rings is 2. The van der Waals surface area contributed by atoms with Gasteiger partial charge in [0.25, 0.3) is 0 Å². The molecule has 0 fully saturated rings. The molecule has 0 amide bonds. The molecule has 4 nitrogen and oxygen atoms in total. The number of hydrogen-bond acceptors (Lipinski definition) is 3. The second-order valence-corrected chi connectivity index (χ2v) is 5.88. The van der Waals surface area contributed by atoms with E-state index >= 15 is 0 Å². The SMILES string of the molecule is N/C(=N/O)c1ccc(COc2cc(Br)ccc2Cl)c(Cl)c1. The third kappa shape index (κ3) is 4.03. The second-order valence-electron chi connectivity index (χ2n) is 4.15. The first-order valence-corrected chi connectivity index (χ1v) is 7.40. The molecule has 110 valence electrons. The average molecular weight is 390 g/mol. The third-order valence-corrected chi connectivity index (χ3v) is 3.89. The van der Waals surface area contributed by atoms with Crippen LogP contribution in [0.25, 0.3) is 0 Å². The molecule has 3 N–H and O–H groups in total. The molecule has 0 saturated carbocycles. The summed E-state index contributed by atoms with van der Waals surface area (Å²) in [4.78, 5) is 0. The number of hydrogen-bond donors (Lipinski definition) is 2. The maximum absolute atomic E-state index is 8.63. The monoisotopic (exact) mass is 388 g/mol. The lowest BCUT2D eigenvalue weighted by Crippen LogP contribution is -2.13. The highest BCUT2D eigenvalue weighted by atomic mass is 79.9. The van der Waals surface area contributed by atoms with Crippen LogP contribution in [-0.2, 0) is 6.61 Å². The summed E-state index contributed by atoms with van der Waals surface area (Å²) in [6.45, 7) is 0.255. The number of ether oxygens (including phenoxy) is 1. The van der Waals surface area contributed by atoms with Crippen molar-refractivity contribution in [1.82, 2.24) is 0 Å². The van der Waals surface area contributed by atoms with Crippen molar-refractivity contribution in [3.63, 3.8) is 0 Å². The summed E-state index contributed by atoms with van der Waals surface area (Å²) in [7, 11) is 0. The number of amidine groups is 1. The van der Waals surface area contributed by atoms with Crippen LogP contribution in [0.15, 0.2) is 46.0 Å². The van der Waals surface area contributed by atoms with E-state index in [2.05, 4.69) is 21.1 Å². The normalized spacial score (nSPS) is 11.5. The molecule has 0 radical (unpaired) electrons. The highest BCUT2D eigenvalue weighted by Crippen LogP contribution is 2.29. The Morgan fingerprint density at radius 1 is 1.19 bits per heavy atom. The third-order valence-electron chi connectivity index (χ3n) is 2.73. The van der Waals surface area contributed by atoms with Crippen LogP contribution in [0.5, 0.6) is 5.75 Å². The van der Waals surface area contributed by atoms with Gasteiger partial charge in [0.1, 0.15) is 12.4 Å². The van der Waals surface area contributed by atoms with E-state index in [0.717, 1.165) is 10.0 Å². The fourth-order valence-electron chi connectivity index (χ4n) is 1.62. The molecule has 0 saturated heterocycles. The van der Waals surface area contributed by atoms with Crippen molar-refractivity contribution >= 4 is 45.0 Å². The fraction of sp³-hybridized carbons (Fsp3) is 0.0714. The van der Waals surface area contributed by atoms with Crippen molar-refractivity contribution < 1.29 is 9.94 Å². The summed E-state index contributed by atoms with van der Waals surface area (Å²) in [6.07, 6.45) is 0. The van der Waals surface area contributed by atoms with Gasteiger partial charge < -0.3 is 15.7 Å². The van der Waals surface area contributed by atoms with Crippen molar-refractivity contribution in [3.05, 3.63) is 62.0 Å². The highest BCUT2D eigenvalue weighted by molar-refractivity contribution is 9.10. The Kier molecular flexibility index (Phi) is 5.33. The Bertz CT molecular complexity index is 693. The smallest absolute Gasteiger partial charge is 0.170 e. The zero-order valence-electron chi connectivity index (χ0n) is 10.7. The number of rotatable bonds is 4. The molecule has 0 heterocycles. The average Bonchev–Trinajstić information content (AvgIpc) is 2.48. The van der Waals surface area contributed by atoms with E-state index in [9.17, 15) is 0 Å². The first kappa shape index (κ1) is 15.9. The molecular formula is C14H11BrCl2N2O2. The maximum Gasteiger partial charge on any atom is 0.170 e. The zero-order chi connectivity index (χ0) is 15.4. The largest absolute Gasteiger partial charge is 0.487 e. The summed E-state index contributed by atoms with van der Waals surface area (Å²) < 4.78 is 6.52. The van der Waals surface area contributed by atoms with E-state index in [1.807, 2.05) is 6.07 Å². The summed E-state index contributed by atoms with van der Waals surface area (Å²) in [5.41, 5.74) is 6.80. The van der Waals surface area contributed by atoms with Gasteiger partial charge in [-0.05, 0) is 24.3 Å². The van der Waals surface area contributed by atoms with Crippen molar-refractivity contribution in [2.75, 3.05) is 0 Å². The van der Waals surface area contributed by atoms with Gasteiger partial charge >= 0.3 is 0 Å². The quantitative estimate of drug-likeness (QED) is 0.351. The number of nitrogens with two attached hydrogens (primary N) is 1. The van der Waals surface area contributed by atoms with Gasteiger partial charge in [0.2, 0.25) is 0 Å². The molecule has 0 aliphatic heterocycles. The van der Waals surface area contributed by atoms with Crippen molar-refractivity contribution in [3.8, 4) is 5.75 Å². The van der Waals surface area contributed by atoms with Crippen LogP contribution in [-0.4, -0.2) is 11.0 Å². The highest BCUT2D eigenvalue weighted by Gasteiger charge is 2.08. The van der Waals surface area contributed by atoms with E-state index in [1.54, 1.807) is 30.3 Å². The fourth-order valence-corrected chi connectivity index (χ4v) is 2.37.